The summed E-state index contributed by atoms with van der Waals surface area (Å²) < 4.78 is 34.9. The molecule has 0 saturated carbocycles. The Morgan fingerprint density at radius 1 is 1.27 bits per heavy atom. The third-order valence-electron chi connectivity index (χ3n) is 3.58. The highest BCUT2D eigenvalue weighted by Gasteiger charge is 2.36. The van der Waals surface area contributed by atoms with Crippen LogP contribution >= 0.6 is 0 Å². The summed E-state index contributed by atoms with van der Waals surface area (Å²) in [5.74, 6) is 0.709. The van der Waals surface area contributed by atoms with Crippen LogP contribution in [0.4, 0.5) is 5.69 Å². The Kier molecular flexibility index (Phi) is 4.92. The number of rotatable bonds is 5. The number of amides is 1. The topological polar surface area (TPSA) is 84.9 Å². The molecule has 1 amide bonds. The van der Waals surface area contributed by atoms with Crippen molar-refractivity contribution in [1.82, 2.24) is 4.31 Å². The molecule has 1 atom stereocenters. The number of carbonyl (C=O) groups excluding carboxylic acids is 1. The number of sulfonamides is 1. The van der Waals surface area contributed by atoms with Crippen molar-refractivity contribution >= 4 is 21.6 Å². The van der Waals surface area contributed by atoms with Gasteiger partial charge in [-0.2, -0.15) is 4.31 Å². The summed E-state index contributed by atoms with van der Waals surface area (Å²) >= 11 is 0. The van der Waals surface area contributed by atoms with Crippen molar-refractivity contribution in [3.63, 3.8) is 0 Å². The molecule has 22 heavy (non-hydrogen) atoms. The van der Waals surface area contributed by atoms with Crippen molar-refractivity contribution < 1.29 is 22.7 Å². The Bertz CT molecular complexity index is 659. The smallest absolute Gasteiger partial charge is 0.242 e. The van der Waals surface area contributed by atoms with Crippen LogP contribution in [-0.4, -0.2) is 51.7 Å². The van der Waals surface area contributed by atoms with Crippen LogP contribution in [-0.2, 0) is 14.8 Å². The van der Waals surface area contributed by atoms with Crippen molar-refractivity contribution in [1.29, 1.82) is 0 Å². The van der Waals surface area contributed by atoms with E-state index in [1.54, 1.807) is 18.2 Å². The third-order valence-corrected chi connectivity index (χ3v) is 4.87. The number of nitrogens with one attached hydrogen (secondary N) is 1. The second kappa shape index (κ2) is 6.53. The average molecular weight is 328 g/mol. The summed E-state index contributed by atoms with van der Waals surface area (Å²) in [6.45, 7) is 0.378. The standard InChI is InChI=1S/C14H20N2O5S/c1-20-12-7-6-10(9-13(12)21-2)15-14(17)11-5-4-8-16(11)22(3,18)19/h6-7,9,11H,4-5,8H2,1-3H3,(H,15,17). The molecule has 1 aliphatic heterocycles. The van der Waals surface area contributed by atoms with Gasteiger partial charge in [0.05, 0.1) is 20.5 Å². The van der Waals surface area contributed by atoms with Crippen LogP contribution in [0.25, 0.3) is 0 Å². The van der Waals surface area contributed by atoms with Gasteiger partial charge < -0.3 is 14.8 Å². The number of hydrogen-bond acceptors (Lipinski definition) is 5. The second-order valence-electron chi connectivity index (χ2n) is 5.09. The largest absolute Gasteiger partial charge is 0.493 e. The minimum atomic E-state index is -3.38. The normalized spacial score (nSPS) is 19.0. The number of methoxy groups -OCH3 is 2. The molecule has 1 saturated heterocycles. The molecular weight excluding hydrogens is 308 g/mol. The highest BCUT2D eigenvalue weighted by Crippen LogP contribution is 2.30. The van der Waals surface area contributed by atoms with E-state index in [9.17, 15) is 13.2 Å². The summed E-state index contributed by atoms with van der Waals surface area (Å²) in [5, 5.41) is 2.73. The number of benzene rings is 1. The summed E-state index contributed by atoms with van der Waals surface area (Å²) in [7, 11) is -0.353. The zero-order valence-corrected chi connectivity index (χ0v) is 13.6. The predicted octanol–water partition coefficient (Wildman–Crippen LogP) is 1.07. The SMILES string of the molecule is COc1ccc(NC(=O)C2CCCN2S(C)(=O)=O)cc1OC. The molecular formula is C14H20N2O5S. The Morgan fingerprint density at radius 2 is 1.95 bits per heavy atom. The van der Waals surface area contributed by atoms with Gasteiger partial charge in [0.1, 0.15) is 6.04 Å². The highest BCUT2D eigenvalue weighted by atomic mass is 32.2. The number of nitrogens with zero attached hydrogens (tertiary/aromatic N) is 1. The Morgan fingerprint density at radius 3 is 2.55 bits per heavy atom. The van der Waals surface area contributed by atoms with Crippen molar-refractivity contribution in [2.45, 2.75) is 18.9 Å². The third kappa shape index (κ3) is 3.50. The molecule has 1 heterocycles. The Balaban J connectivity index is 2.15. The fourth-order valence-electron chi connectivity index (χ4n) is 2.54. The predicted molar refractivity (Wildman–Crippen MR) is 82.7 cm³/mol. The molecule has 7 nitrogen and oxygen atoms in total. The van der Waals surface area contributed by atoms with E-state index >= 15 is 0 Å². The van der Waals surface area contributed by atoms with E-state index in [-0.39, 0.29) is 5.91 Å². The molecule has 1 unspecified atom stereocenters. The summed E-state index contributed by atoms with van der Waals surface area (Å²) in [6.07, 6.45) is 2.32. The molecule has 8 heteroatoms. The maximum Gasteiger partial charge on any atom is 0.242 e. The summed E-state index contributed by atoms with van der Waals surface area (Å²) in [4.78, 5) is 12.3. The molecule has 1 aromatic carbocycles. The van der Waals surface area contributed by atoms with E-state index in [0.29, 0.717) is 36.6 Å². The van der Waals surface area contributed by atoms with Gasteiger partial charge in [0.15, 0.2) is 11.5 Å². The van der Waals surface area contributed by atoms with Crippen LogP contribution in [0.15, 0.2) is 18.2 Å². The lowest BCUT2D eigenvalue weighted by Crippen LogP contribution is -2.42. The molecule has 122 valence electrons. The van der Waals surface area contributed by atoms with Gasteiger partial charge in [0, 0.05) is 18.3 Å². The monoisotopic (exact) mass is 328 g/mol. The van der Waals surface area contributed by atoms with Crippen LogP contribution in [0.1, 0.15) is 12.8 Å². The summed E-state index contributed by atoms with van der Waals surface area (Å²) in [6, 6.07) is 4.33. The molecule has 0 radical (unpaired) electrons. The average Bonchev–Trinajstić information content (AvgIpc) is 2.96. The minimum Gasteiger partial charge on any atom is -0.493 e. The van der Waals surface area contributed by atoms with Gasteiger partial charge in [-0.15, -0.1) is 0 Å². The lowest BCUT2D eigenvalue weighted by molar-refractivity contribution is -0.119. The quantitative estimate of drug-likeness (QED) is 0.874. The Hall–Kier alpha value is -1.80. The van der Waals surface area contributed by atoms with E-state index in [1.165, 1.54) is 18.5 Å². The molecule has 1 N–H and O–H groups in total. The molecule has 2 rings (SSSR count). The van der Waals surface area contributed by atoms with Crippen LogP contribution in [0, 0.1) is 0 Å². The van der Waals surface area contributed by atoms with Gasteiger partial charge in [0.25, 0.3) is 0 Å². The maximum absolute atomic E-state index is 12.3. The van der Waals surface area contributed by atoms with E-state index < -0.39 is 16.1 Å². The van der Waals surface area contributed by atoms with Crippen molar-refractivity contribution in [2.24, 2.45) is 0 Å². The molecule has 1 aromatic rings. The fraction of sp³-hybridized carbons (Fsp3) is 0.500. The lowest BCUT2D eigenvalue weighted by atomic mass is 10.2. The van der Waals surface area contributed by atoms with Crippen LogP contribution in [0.3, 0.4) is 0 Å². The van der Waals surface area contributed by atoms with Crippen LogP contribution in [0.5, 0.6) is 11.5 Å². The maximum atomic E-state index is 12.3. The number of anilines is 1. The first-order chi connectivity index (χ1) is 10.4. The molecule has 0 bridgehead atoms. The highest BCUT2D eigenvalue weighted by molar-refractivity contribution is 7.88. The number of ether oxygens (including phenoxy) is 2. The van der Waals surface area contributed by atoms with Crippen LogP contribution < -0.4 is 14.8 Å². The van der Waals surface area contributed by atoms with E-state index in [0.717, 1.165) is 6.26 Å². The zero-order valence-electron chi connectivity index (χ0n) is 12.8. The molecule has 0 aliphatic carbocycles. The van der Waals surface area contributed by atoms with Gasteiger partial charge in [-0.3, -0.25) is 4.79 Å². The van der Waals surface area contributed by atoms with Gasteiger partial charge in [-0.05, 0) is 25.0 Å². The number of carbonyl (C=O) groups is 1. The van der Waals surface area contributed by atoms with E-state index in [1.807, 2.05) is 0 Å². The molecule has 0 aromatic heterocycles. The Labute approximate surface area is 130 Å². The first-order valence-corrected chi connectivity index (χ1v) is 8.71. The first kappa shape index (κ1) is 16.6. The second-order valence-corrected chi connectivity index (χ2v) is 7.03. The van der Waals surface area contributed by atoms with Crippen molar-refractivity contribution in [3.8, 4) is 11.5 Å². The van der Waals surface area contributed by atoms with Gasteiger partial charge in [-0.1, -0.05) is 0 Å². The first-order valence-electron chi connectivity index (χ1n) is 6.86. The van der Waals surface area contributed by atoms with E-state index in [4.69, 9.17) is 9.47 Å². The van der Waals surface area contributed by atoms with Gasteiger partial charge in [-0.25, -0.2) is 8.42 Å². The number of hydrogen-bond donors (Lipinski definition) is 1. The van der Waals surface area contributed by atoms with Crippen LogP contribution in [0.2, 0.25) is 0 Å². The van der Waals surface area contributed by atoms with E-state index in [2.05, 4.69) is 5.32 Å². The minimum absolute atomic E-state index is 0.338. The fourth-order valence-corrected chi connectivity index (χ4v) is 3.66. The zero-order chi connectivity index (χ0) is 16.3. The van der Waals surface area contributed by atoms with Gasteiger partial charge >= 0.3 is 0 Å². The molecule has 0 spiro atoms. The van der Waals surface area contributed by atoms with Gasteiger partial charge in [0.2, 0.25) is 15.9 Å². The molecule has 1 aliphatic rings. The van der Waals surface area contributed by atoms with Crippen molar-refractivity contribution in [3.05, 3.63) is 18.2 Å². The molecule has 1 fully saturated rings. The lowest BCUT2D eigenvalue weighted by Gasteiger charge is -2.21. The van der Waals surface area contributed by atoms with Crippen molar-refractivity contribution in [2.75, 3.05) is 32.3 Å². The summed E-state index contributed by atoms with van der Waals surface area (Å²) in [5.41, 5.74) is 0.531.